The summed E-state index contributed by atoms with van der Waals surface area (Å²) in [6.07, 6.45) is 2.36. The molecule has 0 aliphatic carbocycles. The Bertz CT molecular complexity index is 894. The van der Waals surface area contributed by atoms with Crippen molar-refractivity contribution in [2.45, 2.75) is 56.5 Å². The van der Waals surface area contributed by atoms with Crippen molar-refractivity contribution in [2.75, 3.05) is 35.2 Å². The van der Waals surface area contributed by atoms with Crippen LogP contribution in [0.15, 0.2) is 12.1 Å². The number of carbonyl (C=O) groups is 2. The molecular weight excluding hydrogens is 421 g/mol. The second-order valence-electron chi connectivity index (χ2n) is 9.03. The summed E-state index contributed by atoms with van der Waals surface area (Å²) in [5.74, 6) is 0.921. The molecular formula is C22H28FN3O4S. The Kier molecular flexibility index (Phi) is 5.40. The fourth-order valence-electron chi connectivity index (χ4n) is 4.89. The molecule has 0 spiro atoms. The third-order valence-corrected chi connectivity index (χ3v) is 8.08. The van der Waals surface area contributed by atoms with Gasteiger partial charge in [-0.15, -0.1) is 0 Å². The van der Waals surface area contributed by atoms with Crippen LogP contribution in [-0.2, 0) is 9.53 Å². The standard InChI is InChI=1S/C22H28FN3O4S/c1-12(2)21(27)24-8-20-18-10-29-19-7-16(15(23)6-17(19)26(18)22(28)30-20)25-9-14-5-3-4-13(25)11-31-14/h6-7,12-14,18,20H,3-5,8-11H2,1-2H3,(H,24,27)/t13?,14?,18-,20-/m0/s1. The third kappa shape index (κ3) is 3.70. The summed E-state index contributed by atoms with van der Waals surface area (Å²) in [5, 5.41) is 3.34. The molecule has 1 aromatic rings. The number of carbonyl (C=O) groups excluding carboxylic acids is 2. The molecule has 2 unspecified atom stereocenters. The monoisotopic (exact) mass is 449 g/mol. The first-order valence-corrected chi connectivity index (χ1v) is 12.1. The number of benzene rings is 1. The minimum atomic E-state index is -0.538. The number of hydrogen-bond donors (Lipinski definition) is 1. The lowest BCUT2D eigenvalue weighted by molar-refractivity contribution is -0.124. The predicted octanol–water partition coefficient (Wildman–Crippen LogP) is 3.16. The minimum Gasteiger partial charge on any atom is -0.489 e. The minimum absolute atomic E-state index is 0.104. The molecule has 2 bridgehead atoms. The number of thioether (sulfide) groups is 1. The van der Waals surface area contributed by atoms with E-state index in [4.69, 9.17) is 9.47 Å². The molecule has 31 heavy (non-hydrogen) atoms. The van der Waals surface area contributed by atoms with E-state index in [1.807, 2.05) is 11.8 Å². The molecule has 0 radical (unpaired) electrons. The fourth-order valence-corrected chi connectivity index (χ4v) is 6.33. The normalized spacial score (nSPS) is 29.2. The molecule has 0 saturated carbocycles. The topological polar surface area (TPSA) is 71.1 Å². The summed E-state index contributed by atoms with van der Waals surface area (Å²) in [5.41, 5.74) is 0.956. The second kappa shape index (κ2) is 8.07. The summed E-state index contributed by atoms with van der Waals surface area (Å²) in [6.45, 7) is 4.90. The number of cyclic esters (lactones) is 1. The molecule has 5 aliphatic rings. The number of fused-ring (bicyclic) bond motifs is 7. The van der Waals surface area contributed by atoms with E-state index < -0.39 is 18.2 Å². The zero-order valence-electron chi connectivity index (χ0n) is 17.8. The van der Waals surface area contributed by atoms with E-state index in [0.717, 1.165) is 18.7 Å². The molecule has 9 heteroatoms. The second-order valence-corrected chi connectivity index (χ2v) is 10.4. The van der Waals surface area contributed by atoms with Gasteiger partial charge in [-0.25, -0.2) is 9.18 Å². The van der Waals surface area contributed by atoms with Crippen molar-refractivity contribution in [3.63, 3.8) is 0 Å². The van der Waals surface area contributed by atoms with Crippen LogP contribution in [0.3, 0.4) is 0 Å². The van der Waals surface area contributed by atoms with E-state index in [9.17, 15) is 9.59 Å². The lowest BCUT2D eigenvalue weighted by Gasteiger charge is -2.39. The molecule has 6 rings (SSSR count). The van der Waals surface area contributed by atoms with Crippen molar-refractivity contribution in [1.29, 1.82) is 0 Å². The number of hydrogen-bond acceptors (Lipinski definition) is 6. The van der Waals surface area contributed by atoms with Crippen LogP contribution in [-0.4, -0.2) is 60.9 Å². The van der Waals surface area contributed by atoms with E-state index in [2.05, 4.69) is 10.2 Å². The summed E-state index contributed by atoms with van der Waals surface area (Å²) in [7, 11) is 0. The molecule has 2 amide bonds. The molecule has 4 fully saturated rings. The van der Waals surface area contributed by atoms with Gasteiger partial charge in [-0.1, -0.05) is 20.3 Å². The zero-order chi connectivity index (χ0) is 21.7. The van der Waals surface area contributed by atoms with Gasteiger partial charge in [0.1, 0.15) is 30.3 Å². The Hall–Kier alpha value is -2.16. The quantitative estimate of drug-likeness (QED) is 0.762. The third-order valence-electron chi connectivity index (χ3n) is 6.65. The Morgan fingerprint density at radius 1 is 1.32 bits per heavy atom. The van der Waals surface area contributed by atoms with E-state index in [0.29, 0.717) is 28.4 Å². The van der Waals surface area contributed by atoms with Crippen LogP contribution in [0.4, 0.5) is 20.6 Å². The summed E-state index contributed by atoms with van der Waals surface area (Å²) in [6, 6.07) is 3.08. The van der Waals surface area contributed by atoms with E-state index in [1.54, 1.807) is 19.9 Å². The smallest absolute Gasteiger partial charge is 0.415 e. The van der Waals surface area contributed by atoms with Gasteiger partial charge in [-0.05, 0) is 12.8 Å². The number of rotatable bonds is 4. The fraction of sp³-hybridized carbons (Fsp3) is 0.636. The van der Waals surface area contributed by atoms with Gasteiger partial charge < -0.3 is 19.7 Å². The van der Waals surface area contributed by atoms with E-state index in [-0.39, 0.29) is 30.8 Å². The highest BCUT2D eigenvalue weighted by Crippen LogP contribution is 2.44. The number of nitrogens with zero attached hydrogens (tertiary/aromatic N) is 2. The largest absolute Gasteiger partial charge is 0.489 e. The van der Waals surface area contributed by atoms with E-state index >= 15 is 4.39 Å². The predicted molar refractivity (Wildman–Crippen MR) is 118 cm³/mol. The number of ether oxygens (including phenoxy) is 2. The average molecular weight is 450 g/mol. The van der Waals surface area contributed by atoms with Crippen molar-refractivity contribution >= 4 is 35.1 Å². The maximum atomic E-state index is 15.3. The van der Waals surface area contributed by atoms with Crippen molar-refractivity contribution in [2.24, 2.45) is 5.92 Å². The Balaban J connectivity index is 1.38. The summed E-state index contributed by atoms with van der Waals surface area (Å²) < 4.78 is 26.8. The first-order valence-electron chi connectivity index (χ1n) is 11.0. The van der Waals surface area contributed by atoms with Crippen molar-refractivity contribution < 1.29 is 23.5 Å². The first kappa shape index (κ1) is 20.7. The van der Waals surface area contributed by atoms with E-state index in [1.165, 1.54) is 23.8 Å². The van der Waals surface area contributed by atoms with Gasteiger partial charge in [-0.3, -0.25) is 9.69 Å². The van der Waals surface area contributed by atoms with Crippen molar-refractivity contribution in [3.8, 4) is 5.75 Å². The Morgan fingerprint density at radius 2 is 2.16 bits per heavy atom. The molecule has 1 N–H and O–H groups in total. The van der Waals surface area contributed by atoms with Gasteiger partial charge in [0.15, 0.2) is 0 Å². The van der Waals surface area contributed by atoms with Crippen molar-refractivity contribution in [1.82, 2.24) is 5.32 Å². The average Bonchev–Trinajstić information content (AvgIpc) is 2.91. The lowest BCUT2D eigenvalue weighted by Crippen LogP contribution is -2.48. The maximum Gasteiger partial charge on any atom is 0.415 e. The van der Waals surface area contributed by atoms with Gasteiger partial charge in [0, 0.05) is 41.6 Å². The lowest BCUT2D eigenvalue weighted by atomic mass is 10.1. The van der Waals surface area contributed by atoms with Crippen LogP contribution in [0.2, 0.25) is 0 Å². The maximum absolute atomic E-state index is 15.3. The Labute approximate surface area is 185 Å². The van der Waals surface area contributed by atoms with Gasteiger partial charge in [0.2, 0.25) is 5.91 Å². The van der Waals surface area contributed by atoms with Crippen molar-refractivity contribution in [3.05, 3.63) is 17.9 Å². The SMILES string of the molecule is CC(C)C(=O)NC[C@@H]1OC(=O)N2c3cc(F)c(N4CC5CCCC4CS5)cc3OC[C@@H]12. The summed E-state index contributed by atoms with van der Waals surface area (Å²) >= 11 is 1.99. The highest BCUT2D eigenvalue weighted by Gasteiger charge is 2.47. The van der Waals surface area contributed by atoms with Crippen LogP contribution < -0.4 is 19.9 Å². The Morgan fingerprint density at radius 3 is 2.97 bits per heavy atom. The van der Waals surface area contributed by atoms with Gasteiger partial charge in [0.05, 0.1) is 17.9 Å². The highest BCUT2D eigenvalue weighted by molar-refractivity contribution is 8.00. The molecule has 1 aromatic carbocycles. The molecule has 168 valence electrons. The molecule has 4 atom stereocenters. The van der Waals surface area contributed by atoms with Crippen LogP contribution in [0, 0.1) is 11.7 Å². The molecule has 5 heterocycles. The molecule has 5 aliphatic heterocycles. The van der Waals surface area contributed by atoms with Crippen LogP contribution in [0.25, 0.3) is 0 Å². The van der Waals surface area contributed by atoms with Crippen LogP contribution >= 0.6 is 11.8 Å². The van der Waals surface area contributed by atoms with Gasteiger partial charge >= 0.3 is 6.09 Å². The number of anilines is 2. The summed E-state index contributed by atoms with van der Waals surface area (Å²) in [4.78, 5) is 28.2. The van der Waals surface area contributed by atoms with Crippen LogP contribution in [0.5, 0.6) is 5.75 Å². The first-order chi connectivity index (χ1) is 14.9. The van der Waals surface area contributed by atoms with Crippen LogP contribution in [0.1, 0.15) is 33.1 Å². The number of halogens is 1. The zero-order valence-corrected chi connectivity index (χ0v) is 18.6. The number of nitrogens with one attached hydrogen (secondary N) is 1. The number of amides is 2. The molecule has 0 aromatic heterocycles. The van der Waals surface area contributed by atoms with Gasteiger partial charge in [-0.2, -0.15) is 11.8 Å². The molecule has 4 saturated heterocycles. The molecule has 7 nitrogen and oxygen atoms in total. The highest BCUT2D eigenvalue weighted by atomic mass is 32.2. The van der Waals surface area contributed by atoms with Gasteiger partial charge in [0.25, 0.3) is 0 Å².